The number of para-hydroxylation sites is 2. The van der Waals surface area contributed by atoms with Crippen molar-refractivity contribution in [1.29, 1.82) is 0 Å². The number of rotatable bonds is 16. The number of carbonyl (C=O) groups excluding carboxylic acids is 7. The number of likely N-dealkylation sites (tertiary alicyclic amines) is 3. The van der Waals surface area contributed by atoms with Crippen LogP contribution in [0.25, 0.3) is 10.2 Å². The van der Waals surface area contributed by atoms with Gasteiger partial charge in [0.15, 0.2) is 36.6 Å². The van der Waals surface area contributed by atoms with E-state index in [9.17, 15) is 64.2 Å². The average Bonchev–Trinajstić information content (AvgIpc) is 1.72. The first-order chi connectivity index (χ1) is 47.4. The highest BCUT2D eigenvalue weighted by Crippen LogP contribution is 2.45. The van der Waals surface area contributed by atoms with Crippen LogP contribution in [0, 0.1) is 0 Å². The summed E-state index contributed by atoms with van der Waals surface area (Å²) >= 11 is 11.7. The van der Waals surface area contributed by atoms with E-state index in [0.29, 0.717) is 39.0 Å². The molecule has 22 nitrogen and oxygen atoms in total. The normalized spacial score (nSPS) is 18.9. The third-order valence-electron chi connectivity index (χ3n) is 19.6. The maximum Gasteiger partial charge on any atom is 0.254 e. The largest absolute Gasteiger partial charge is 0.380 e. The van der Waals surface area contributed by atoms with Gasteiger partial charge >= 0.3 is 0 Å². The first-order valence-corrected chi connectivity index (χ1v) is 36.2. The van der Waals surface area contributed by atoms with Crippen molar-refractivity contribution in [2.75, 3.05) is 51.1 Å². The van der Waals surface area contributed by atoms with Crippen LogP contribution in [-0.4, -0.2) is 174 Å². The lowest BCUT2D eigenvalue weighted by Crippen LogP contribution is -2.56. The number of aliphatic hydroxyl groups excluding tert-OH is 6. The standard InChI is InChI=1S/C25H30BrN3O4.C24H26BrN3O5.C24H26BrN3O4S/c1-16(17-6-8-19(26)9-7-17)28-23(32)21(30)22(31)24(33)29-12-10-25(11-13-29)15-27-14-18-4-2-3-5-20(18)25;1-14(15-6-8-16(25)9-7-15)26-21(31)19(29)20(30)22(32)28-12-10-24(11-13-28)17-4-2-3-5-18(17)27-23(24)33;1-14(15-6-8-17(25)9-7-15)26-22(31)20(29)21(30)24(32)28-12-10-16(11-13-28)23-27-18-4-2-3-5-19(18)33-23/h2-9,16,21-22,27,30-31H,10-15H2,1H3,(H,28,32);2-9,14,19-20,29-30H,10-13H2,1H3,(H,26,31)(H,27,33);2-9,14,16,20-21,29-30H,10-13H2,1H3,(H,26,31)/t16-,21+,22+;14-,19+,20+;14-,20+,21+/m000/s1. The van der Waals surface area contributed by atoms with Crippen molar-refractivity contribution in [3.05, 3.63) is 197 Å². The predicted molar refractivity (Wildman–Crippen MR) is 385 cm³/mol. The number of aromatic nitrogens is 1. The van der Waals surface area contributed by atoms with Crippen LogP contribution < -0.4 is 26.6 Å². The zero-order valence-corrected chi connectivity index (χ0v) is 60.5. The molecule has 0 aliphatic carbocycles. The van der Waals surface area contributed by atoms with E-state index in [4.69, 9.17) is 4.98 Å². The lowest BCUT2D eigenvalue weighted by molar-refractivity contribution is -0.154. The number of fused-ring (bicyclic) bond motifs is 5. The zero-order chi connectivity index (χ0) is 70.9. The van der Waals surface area contributed by atoms with Gasteiger partial charge in [-0.25, -0.2) is 4.98 Å². The lowest BCUT2D eigenvalue weighted by Gasteiger charge is -2.46. The number of hydrogen-bond donors (Lipinski definition) is 11. The molecule has 1 aromatic heterocycles. The van der Waals surface area contributed by atoms with E-state index < -0.39 is 83.5 Å². The van der Waals surface area contributed by atoms with Crippen molar-refractivity contribution in [3.63, 3.8) is 0 Å². The highest BCUT2D eigenvalue weighted by molar-refractivity contribution is 9.11. The molecule has 7 aromatic rings. The Morgan fingerprint density at radius 3 is 1.35 bits per heavy atom. The van der Waals surface area contributed by atoms with Gasteiger partial charge in [-0.2, -0.15) is 0 Å². The molecule has 0 saturated carbocycles. The second-order valence-corrected chi connectivity index (χ2v) is 29.7. The van der Waals surface area contributed by atoms with Crippen molar-refractivity contribution in [2.24, 2.45) is 0 Å². The molecular weight excluding hydrogens is 1480 g/mol. The van der Waals surface area contributed by atoms with Gasteiger partial charge in [-0.05, 0) is 147 Å². The second-order valence-electron chi connectivity index (χ2n) is 25.9. The lowest BCUT2D eigenvalue weighted by atomic mass is 9.69. The molecule has 6 heterocycles. The molecule has 99 heavy (non-hydrogen) atoms. The van der Waals surface area contributed by atoms with E-state index in [1.54, 1.807) is 37.0 Å². The molecule has 524 valence electrons. The summed E-state index contributed by atoms with van der Waals surface area (Å²) in [5.41, 5.74) is 7.08. The fraction of sp³-hybridized carbons (Fsp3) is 0.397. The molecule has 11 N–H and O–H groups in total. The Kier molecular flexibility index (Phi) is 24.8. The number of nitrogens with zero attached hydrogens (tertiary/aromatic N) is 4. The summed E-state index contributed by atoms with van der Waals surface area (Å²) in [4.78, 5) is 97.7. The van der Waals surface area contributed by atoms with Gasteiger partial charge in [-0.15, -0.1) is 11.3 Å². The number of benzene rings is 6. The van der Waals surface area contributed by atoms with Gasteiger partial charge in [0.1, 0.15) is 0 Å². The third kappa shape index (κ3) is 17.4. The minimum absolute atomic E-state index is 0.0350. The number of aliphatic hydroxyl groups is 6. The van der Waals surface area contributed by atoms with Crippen LogP contribution in [0.2, 0.25) is 0 Å². The number of piperidine rings is 3. The number of hydrogen-bond acceptors (Lipinski definition) is 16. The van der Waals surface area contributed by atoms with E-state index in [-0.39, 0.29) is 42.4 Å². The maximum atomic E-state index is 12.9. The van der Waals surface area contributed by atoms with E-state index in [1.165, 1.54) is 20.9 Å². The van der Waals surface area contributed by atoms with Crippen molar-refractivity contribution in [3.8, 4) is 0 Å². The van der Waals surface area contributed by atoms with Gasteiger partial charge in [0.2, 0.25) is 5.91 Å². The van der Waals surface area contributed by atoms with Gasteiger partial charge in [0.05, 0.1) is 38.8 Å². The predicted octanol–water partition coefficient (Wildman–Crippen LogP) is 7.24. The molecule has 0 bridgehead atoms. The van der Waals surface area contributed by atoms with Crippen molar-refractivity contribution >= 4 is 116 Å². The SMILES string of the molecule is C[C@H](NC(=O)[C@H](O)[C@@H](O)C(=O)N1CCC(c2nc3ccccc3s2)CC1)c1ccc(Br)cc1.C[C@H](NC(=O)[C@H](O)[C@@H](O)C(=O)N1CCC2(CC1)C(=O)Nc1ccccc12)c1ccc(Br)cc1.C[C@H](NC(=O)[C@H](O)[C@@H](O)C(=O)N1CCC2(CC1)CNCc1ccccc12)c1ccc(Br)cc1. The van der Waals surface area contributed by atoms with E-state index in [1.807, 2.05) is 121 Å². The van der Waals surface area contributed by atoms with Crippen LogP contribution >= 0.6 is 59.1 Å². The molecule has 6 aromatic carbocycles. The Morgan fingerprint density at radius 2 is 0.899 bits per heavy atom. The fourth-order valence-electron chi connectivity index (χ4n) is 13.5. The fourth-order valence-corrected chi connectivity index (χ4v) is 15.4. The molecule has 0 unspecified atom stereocenters. The van der Waals surface area contributed by atoms with Crippen molar-refractivity contribution in [1.82, 2.24) is 41.0 Å². The number of thiazole rings is 1. The van der Waals surface area contributed by atoms with Crippen LogP contribution in [0.1, 0.15) is 122 Å². The minimum atomic E-state index is -1.90. The first kappa shape index (κ1) is 74.4. The van der Waals surface area contributed by atoms with Gasteiger partial charge in [0, 0.05) is 82.8 Å². The Morgan fingerprint density at radius 1 is 0.505 bits per heavy atom. The summed E-state index contributed by atoms with van der Waals surface area (Å²) in [7, 11) is 0. The molecule has 0 radical (unpaired) electrons. The minimum Gasteiger partial charge on any atom is -0.380 e. The van der Waals surface area contributed by atoms with Crippen molar-refractivity contribution < 1.29 is 64.2 Å². The van der Waals surface area contributed by atoms with Crippen LogP contribution in [-0.2, 0) is 50.9 Å². The molecule has 5 aliphatic heterocycles. The quantitative estimate of drug-likeness (QED) is 0.0454. The number of carbonyl (C=O) groups is 7. The highest BCUT2D eigenvalue weighted by Gasteiger charge is 2.50. The summed E-state index contributed by atoms with van der Waals surface area (Å²) in [6.07, 6.45) is -7.29. The van der Waals surface area contributed by atoms with Crippen LogP contribution in [0.5, 0.6) is 0 Å². The molecule has 3 saturated heterocycles. The molecular formula is C73H82Br3N9O13S. The van der Waals surface area contributed by atoms with E-state index in [2.05, 4.69) is 98.6 Å². The third-order valence-corrected chi connectivity index (χ3v) is 22.4. The van der Waals surface area contributed by atoms with Crippen molar-refractivity contribution in [2.45, 2.75) is 137 Å². The maximum absolute atomic E-state index is 12.9. The molecule has 9 atom stereocenters. The molecule has 12 rings (SSSR count). The summed E-state index contributed by atoms with van der Waals surface area (Å²) < 4.78 is 3.88. The van der Waals surface area contributed by atoms with Gasteiger partial charge in [-0.1, -0.05) is 139 Å². The van der Waals surface area contributed by atoms with Crippen LogP contribution in [0.4, 0.5) is 5.69 Å². The molecule has 2 spiro atoms. The number of halogens is 3. The topological polar surface area (TPSA) is 324 Å². The average molecular weight is 1570 g/mol. The summed E-state index contributed by atoms with van der Waals surface area (Å²) in [6.45, 7) is 9.30. The second kappa shape index (κ2) is 33.0. The number of amides is 7. The van der Waals surface area contributed by atoms with Gasteiger partial charge in [-0.3, -0.25) is 33.6 Å². The Labute approximate surface area is 603 Å². The summed E-state index contributed by atoms with van der Waals surface area (Å²) in [6, 6.07) is 44.9. The number of nitrogens with one attached hydrogen (secondary N) is 5. The van der Waals surface area contributed by atoms with Gasteiger partial charge < -0.3 is 71.9 Å². The summed E-state index contributed by atoms with van der Waals surface area (Å²) in [5, 5.41) is 77.7. The van der Waals surface area contributed by atoms with Crippen LogP contribution in [0.3, 0.4) is 0 Å². The molecule has 5 aliphatic rings. The van der Waals surface area contributed by atoms with Crippen LogP contribution in [0.15, 0.2) is 159 Å². The number of anilines is 1. The van der Waals surface area contributed by atoms with E-state index in [0.717, 1.165) is 95.4 Å². The Hall–Kier alpha value is -7.34. The first-order valence-electron chi connectivity index (χ1n) is 33.0. The Balaban J connectivity index is 0.000000161. The summed E-state index contributed by atoms with van der Waals surface area (Å²) in [5.74, 6) is -4.18. The zero-order valence-electron chi connectivity index (χ0n) is 54.9. The monoisotopic (exact) mass is 1560 g/mol. The molecule has 7 amide bonds. The highest BCUT2D eigenvalue weighted by atomic mass is 79.9. The molecule has 26 heteroatoms. The molecule has 3 fully saturated rings. The Bertz CT molecular complexity index is 3980. The van der Waals surface area contributed by atoms with Gasteiger partial charge in [0.25, 0.3) is 35.4 Å². The smallest absolute Gasteiger partial charge is 0.254 e. The van der Waals surface area contributed by atoms with E-state index >= 15 is 0 Å².